The Morgan fingerprint density at radius 3 is 2.50 bits per heavy atom. The van der Waals surface area contributed by atoms with Crippen molar-refractivity contribution in [2.24, 2.45) is 5.41 Å². The Labute approximate surface area is 256 Å². The molecule has 2 aliphatic heterocycles. The van der Waals surface area contributed by atoms with E-state index in [-0.39, 0.29) is 33.5 Å². The standard InChI is InChI=1S/C29H32Cl2FN5O4S/c1-15(35-42(41)22-12-17(30)6-8-19(22)31)26(39)36-14-29(5)23(36)13-37(29)27(40)24(28(2,3)4)34-25(38)21-11-16-10-18(32)7-9-20(16)33-21/h6-12,15,23-24,33,35H,13-14H2,1-5H3,(H,34,38)/t15-,23+,24+,29?,42?/m0/s1. The van der Waals surface area contributed by atoms with Gasteiger partial charge in [-0.3, -0.25) is 14.4 Å². The molecule has 5 atom stereocenters. The molecule has 13 heteroatoms. The van der Waals surface area contributed by atoms with Crippen LogP contribution >= 0.6 is 23.2 Å². The number of aromatic nitrogens is 1. The lowest BCUT2D eigenvalue weighted by atomic mass is 9.70. The predicted octanol–water partition coefficient (Wildman–Crippen LogP) is 4.27. The van der Waals surface area contributed by atoms with E-state index >= 15 is 0 Å². The van der Waals surface area contributed by atoms with Crippen molar-refractivity contribution in [2.45, 2.75) is 63.2 Å². The summed E-state index contributed by atoms with van der Waals surface area (Å²) in [7, 11) is 0. The summed E-state index contributed by atoms with van der Waals surface area (Å²) < 4.78 is 29.2. The van der Waals surface area contributed by atoms with Crippen molar-refractivity contribution in [1.82, 2.24) is 24.8 Å². The summed E-state index contributed by atoms with van der Waals surface area (Å²) >= 11 is 10.4. The Balaban J connectivity index is 1.23. The lowest BCUT2D eigenvalue weighted by Crippen LogP contribution is -2.89. The van der Waals surface area contributed by atoms with Crippen molar-refractivity contribution in [2.75, 3.05) is 13.1 Å². The van der Waals surface area contributed by atoms with Gasteiger partial charge in [0.2, 0.25) is 11.8 Å². The molecule has 224 valence electrons. The van der Waals surface area contributed by atoms with E-state index in [1.165, 1.54) is 18.2 Å². The van der Waals surface area contributed by atoms with E-state index < -0.39 is 46.1 Å². The Bertz CT molecular complexity index is 1580. The minimum atomic E-state index is -1.76. The number of hydrogen-bond acceptors (Lipinski definition) is 5. The number of H-pyrrole nitrogens is 1. The first-order chi connectivity index (χ1) is 19.6. The molecule has 3 heterocycles. The highest BCUT2D eigenvalue weighted by atomic mass is 35.5. The molecular weight excluding hydrogens is 604 g/mol. The van der Waals surface area contributed by atoms with E-state index in [1.54, 1.807) is 41.0 Å². The summed E-state index contributed by atoms with van der Waals surface area (Å²) in [5.41, 5.74) is -0.367. The summed E-state index contributed by atoms with van der Waals surface area (Å²) in [6.07, 6.45) is 0. The third-order valence-corrected chi connectivity index (χ3v) is 10.1. The first-order valence-corrected chi connectivity index (χ1v) is 15.3. The maximum Gasteiger partial charge on any atom is 0.268 e. The van der Waals surface area contributed by atoms with Gasteiger partial charge in [0.25, 0.3) is 5.91 Å². The average molecular weight is 637 g/mol. The second-order valence-corrected chi connectivity index (χ2v) is 14.2. The smallest absolute Gasteiger partial charge is 0.268 e. The number of fused-ring (bicyclic) bond motifs is 2. The zero-order valence-corrected chi connectivity index (χ0v) is 26.1. The third kappa shape index (κ3) is 5.48. The molecule has 2 aromatic carbocycles. The SMILES string of the molecule is C[C@H](N[S+]([O-])c1cc(Cl)ccc1Cl)C(=O)N1CC2(C)[C@H]1CN2C(=O)[C@@H](NC(=O)c1cc2cc(F)ccc2[nH]1)C(C)(C)C. The van der Waals surface area contributed by atoms with E-state index in [2.05, 4.69) is 15.0 Å². The second kappa shape index (κ2) is 11.0. The normalized spacial score (nSPS) is 22.1. The Morgan fingerprint density at radius 2 is 1.86 bits per heavy atom. The molecule has 0 radical (unpaired) electrons. The number of benzene rings is 2. The third-order valence-electron chi connectivity index (χ3n) is 8.07. The Kier molecular flexibility index (Phi) is 8.04. The van der Waals surface area contributed by atoms with Gasteiger partial charge in [-0.15, -0.1) is 4.72 Å². The van der Waals surface area contributed by atoms with Crippen LogP contribution in [0.3, 0.4) is 0 Å². The number of amides is 3. The Morgan fingerprint density at radius 1 is 1.14 bits per heavy atom. The number of nitrogens with zero attached hydrogens (tertiary/aromatic N) is 2. The lowest BCUT2D eigenvalue weighted by Gasteiger charge is -2.69. The predicted molar refractivity (Wildman–Crippen MR) is 160 cm³/mol. The number of aromatic amines is 1. The fourth-order valence-electron chi connectivity index (χ4n) is 5.57. The quantitative estimate of drug-likeness (QED) is 0.335. The van der Waals surface area contributed by atoms with Crippen LogP contribution in [0.15, 0.2) is 47.4 Å². The van der Waals surface area contributed by atoms with Gasteiger partial charge in [-0.1, -0.05) is 44.0 Å². The number of nitrogens with one attached hydrogen (secondary N) is 3. The van der Waals surface area contributed by atoms with Crippen LogP contribution in [-0.2, 0) is 21.0 Å². The van der Waals surface area contributed by atoms with Crippen LogP contribution in [-0.4, -0.2) is 73.8 Å². The van der Waals surface area contributed by atoms with Crippen molar-refractivity contribution in [3.8, 4) is 0 Å². The van der Waals surface area contributed by atoms with E-state index in [1.807, 2.05) is 27.7 Å². The minimum Gasteiger partial charge on any atom is -0.593 e. The maximum atomic E-state index is 13.8. The monoisotopic (exact) mass is 635 g/mol. The molecule has 1 aromatic heterocycles. The summed E-state index contributed by atoms with van der Waals surface area (Å²) in [4.78, 5) is 46.8. The van der Waals surface area contributed by atoms with E-state index in [0.717, 1.165) is 0 Å². The van der Waals surface area contributed by atoms with Gasteiger partial charge in [-0.25, -0.2) is 4.39 Å². The van der Waals surface area contributed by atoms with Crippen molar-refractivity contribution < 1.29 is 23.3 Å². The zero-order chi connectivity index (χ0) is 30.7. The second-order valence-electron chi connectivity index (χ2n) is 12.2. The molecule has 5 rings (SSSR count). The summed E-state index contributed by atoms with van der Waals surface area (Å²) in [6.45, 7) is 9.76. The summed E-state index contributed by atoms with van der Waals surface area (Å²) in [5, 5.41) is 4.08. The van der Waals surface area contributed by atoms with Crippen LogP contribution in [0.25, 0.3) is 10.9 Å². The number of rotatable bonds is 7. The van der Waals surface area contributed by atoms with Crippen molar-refractivity contribution in [3.05, 3.63) is 64.0 Å². The molecule has 3 amide bonds. The number of carbonyl (C=O) groups excluding carboxylic acids is 3. The molecule has 0 aliphatic carbocycles. The maximum absolute atomic E-state index is 13.8. The van der Waals surface area contributed by atoms with Gasteiger partial charge in [0.05, 0.1) is 28.0 Å². The minimum absolute atomic E-state index is 0.207. The average Bonchev–Trinajstić information content (AvgIpc) is 3.34. The van der Waals surface area contributed by atoms with Crippen LogP contribution in [0.2, 0.25) is 10.0 Å². The molecule has 3 aromatic rings. The molecule has 2 unspecified atom stereocenters. The molecule has 2 fully saturated rings. The van der Waals surface area contributed by atoms with Crippen molar-refractivity contribution >= 4 is 63.2 Å². The summed E-state index contributed by atoms with van der Waals surface area (Å²) in [6, 6.07) is 8.54. The number of hydrogen-bond donors (Lipinski definition) is 3. The van der Waals surface area contributed by atoms with Gasteiger partial charge in [0.15, 0.2) is 4.90 Å². The molecule has 42 heavy (non-hydrogen) atoms. The van der Waals surface area contributed by atoms with E-state index in [0.29, 0.717) is 29.0 Å². The van der Waals surface area contributed by atoms with Gasteiger partial charge in [0, 0.05) is 35.1 Å². The molecule has 0 saturated carbocycles. The zero-order valence-electron chi connectivity index (χ0n) is 23.8. The number of likely N-dealkylation sites (tertiary alicyclic amines) is 2. The number of carbonyl (C=O) groups is 3. The molecule has 2 saturated heterocycles. The van der Waals surface area contributed by atoms with Gasteiger partial charge in [0.1, 0.15) is 23.6 Å². The highest BCUT2D eigenvalue weighted by Crippen LogP contribution is 2.45. The number of halogens is 3. The molecule has 9 nitrogen and oxygen atoms in total. The highest BCUT2D eigenvalue weighted by Gasteiger charge is 2.65. The van der Waals surface area contributed by atoms with E-state index in [9.17, 15) is 23.3 Å². The molecular formula is C29H32Cl2FN5O4S. The van der Waals surface area contributed by atoms with Crippen molar-refractivity contribution in [3.63, 3.8) is 0 Å². The van der Waals surface area contributed by atoms with Gasteiger partial charge in [-0.05, 0) is 55.7 Å². The van der Waals surface area contributed by atoms with Gasteiger partial charge in [-0.2, -0.15) is 0 Å². The molecule has 3 N–H and O–H groups in total. The largest absolute Gasteiger partial charge is 0.593 e. The van der Waals surface area contributed by atoms with Crippen molar-refractivity contribution in [1.29, 1.82) is 0 Å². The first-order valence-electron chi connectivity index (χ1n) is 13.4. The van der Waals surface area contributed by atoms with Gasteiger partial charge < -0.3 is 24.7 Å². The van der Waals surface area contributed by atoms with E-state index in [4.69, 9.17) is 23.2 Å². The molecule has 0 spiro atoms. The van der Waals surface area contributed by atoms with Crippen LogP contribution in [0.4, 0.5) is 4.39 Å². The van der Waals surface area contributed by atoms with Crippen LogP contribution in [0.5, 0.6) is 0 Å². The summed E-state index contributed by atoms with van der Waals surface area (Å²) in [5.74, 6) is -1.37. The number of piperazine rings is 1. The Hall–Kier alpha value is -2.83. The van der Waals surface area contributed by atoms with Crippen LogP contribution < -0.4 is 10.0 Å². The molecule has 0 bridgehead atoms. The van der Waals surface area contributed by atoms with Crippen LogP contribution in [0.1, 0.15) is 45.1 Å². The topological polar surface area (TPSA) is 121 Å². The fourth-order valence-corrected chi connectivity index (χ4v) is 7.16. The highest BCUT2D eigenvalue weighted by molar-refractivity contribution is 7.89. The van der Waals surface area contributed by atoms with Gasteiger partial charge >= 0.3 is 0 Å². The fraction of sp³-hybridized carbons (Fsp3) is 0.414. The van der Waals surface area contributed by atoms with Crippen LogP contribution in [0, 0.1) is 11.2 Å². The first kappa shape index (κ1) is 30.6. The lowest BCUT2D eigenvalue weighted by molar-refractivity contribution is -0.207. The molecule has 2 aliphatic rings.